The van der Waals surface area contributed by atoms with Crippen LogP contribution in [0.5, 0.6) is 0 Å². The Morgan fingerprint density at radius 1 is 0.468 bits per heavy atom. The lowest BCUT2D eigenvalue weighted by Crippen LogP contribution is -2.40. The van der Waals surface area contributed by atoms with Crippen LogP contribution in [0.15, 0.2) is 48.5 Å². The minimum atomic E-state index is -0.173. The number of hydrogen-bond acceptors (Lipinski definition) is 4. The standard InChI is InChI=1S/C39H66N6O2/c1-5-9-13-15-17-29-44(27-11-7-3)32-40-38(46)42-36-23-19-34(20-24-36)31-35-21-25-37(26-22-35)43-39(47)41-33-45(28-12-8-4)30-18-16-14-10-6-2/h19-26H,5-18,27-33H2,1-4H3,(H2,40,42,46)(H2,41,43,47). The zero-order valence-electron chi connectivity index (χ0n) is 30.2. The summed E-state index contributed by atoms with van der Waals surface area (Å²) < 4.78 is 0. The van der Waals surface area contributed by atoms with Crippen LogP contribution in [0, 0.1) is 0 Å². The fourth-order valence-electron chi connectivity index (χ4n) is 5.55. The molecule has 2 aromatic rings. The average Bonchev–Trinajstić information content (AvgIpc) is 3.08. The molecular formula is C39H66N6O2. The Morgan fingerprint density at radius 3 is 1.17 bits per heavy atom. The van der Waals surface area contributed by atoms with E-state index < -0.39 is 0 Å². The zero-order valence-corrected chi connectivity index (χ0v) is 30.2. The number of benzene rings is 2. The second-order valence-electron chi connectivity index (χ2n) is 12.9. The lowest BCUT2D eigenvalue weighted by Gasteiger charge is -2.22. The molecule has 0 atom stereocenters. The Labute approximate surface area is 286 Å². The van der Waals surface area contributed by atoms with E-state index in [0.29, 0.717) is 13.3 Å². The molecule has 0 radical (unpaired) electrons. The molecule has 0 aliphatic heterocycles. The highest BCUT2D eigenvalue weighted by Gasteiger charge is 2.09. The molecule has 0 unspecified atom stereocenters. The van der Waals surface area contributed by atoms with Crippen molar-refractivity contribution in [3.63, 3.8) is 0 Å². The van der Waals surface area contributed by atoms with Crippen molar-refractivity contribution in [3.8, 4) is 0 Å². The molecule has 2 aromatic carbocycles. The highest BCUT2D eigenvalue weighted by atomic mass is 16.2. The topological polar surface area (TPSA) is 88.7 Å². The quantitative estimate of drug-likeness (QED) is 0.0603. The molecule has 4 amide bonds. The van der Waals surface area contributed by atoms with E-state index in [1.54, 1.807) is 0 Å². The zero-order chi connectivity index (χ0) is 34.0. The lowest BCUT2D eigenvalue weighted by molar-refractivity contribution is 0.224. The van der Waals surface area contributed by atoms with Crippen LogP contribution in [-0.2, 0) is 6.42 Å². The van der Waals surface area contributed by atoms with Gasteiger partial charge >= 0.3 is 12.1 Å². The number of anilines is 2. The van der Waals surface area contributed by atoms with Crippen molar-refractivity contribution in [2.45, 2.75) is 124 Å². The van der Waals surface area contributed by atoms with E-state index in [9.17, 15) is 9.59 Å². The van der Waals surface area contributed by atoms with Gasteiger partial charge in [0.1, 0.15) is 0 Å². The number of nitrogens with zero attached hydrogens (tertiary/aromatic N) is 2. The van der Waals surface area contributed by atoms with E-state index >= 15 is 0 Å². The number of carbonyl (C=O) groups is 2. The number of unbranched alkanes of at least 4 members (excludes halogenated alkanes) is 10. The molecule has 264 valence electrons. The predicted molar refractivity (Wildman–Crippen MR) is 200 cm³/mol. The van der Waals surface area contributed by atoms with Crippen molar-refractivity contribution >= 4 is 23.4 Å². The molecule has 0 spiro atoms. The predicted octanol–water partition coefficient (Wildman–Crippen LogP) is 9.58. The van der Waals surface area contributed by atoms with E-state index in [2.05, 4.69) is 58.8 Å². The SMILES string of the molecule is CCCCCCCN(CCCC)CNC(=O)Nc1ccc(Cc2ccc(NC(=O)NCN(CCCC)CCCCCCC)cc2)cc1. The van der Waals surface area contributed by atoms with Gasteiger partial charge in [-0.15, -0.1) is 0 Å². The van der Waals surface area contributed by atoms with Gasteiger partial charge in [0.25, 0.3) is 0 Å². The maximum absolute atomic E-state index is 12.6. The van der Waals surface area contributed by atoms with Gasteiger partial charge in [-0.05, 0) is 93.7 Å². The van der Waals surface area contributed by atoms with Crippen LogP contribution in [-0.4, -0.2) is 61.4 Å². The Kier molecular flexibility index (Phi) is 22.1. The molecule has 4 N–H and O–H groups in total. The number of nitrogens with one attached hydrogen (secondary N) is 4. The maximum atomic E-state index is 12.6. The Hall–Kier alpha value is -3.10. The van der Waals surface area contributed by atoms with Crippen LogP contribution in [0.3, 0.4) is 0 Å². The first-order valence-corrected chi connectivity index (χ1v) is 18.7. The van der Waals surface area contributed by atoms with Crippen molar-refractivity contribution < 1.29 is 9.59 Å². The minimum Gasteiger partial charge on any atom is -0.325 e. The summed E-state index contributed by atoms with van der Waals surface area (Å²) in [5.74, 6) is 0. The van der Waals surface area contributed by atoms with Crippen molar-refractivity contribution in [1.82, 2.24) is 20.4 Å². The summed E-state index contributed by atoms with van der Waals surface area (Å²) in [5.41, 5.74) is 3.87. The van der Waals surface area contributed by atoms with E-state index in [1.807, 2.05) is 48.5 Å². The van der Waals surface area contributed by atoms with Crippen LogP contribution in [0.1, 0.15) is 129 Å². The monoisotopic (exact) mass is 651 g/mol. The van der Waals surface area contributed by atoms with Crippen LogP contribution >= 0.6 is 0 Å². The van der Waals surface area contributed by atoms with Crippen LogP contribution in [0.2, 0.25) is 0 Å². The van der Waals surface area contributed by atoms with Crippen molar-refractivity contribution in [1.29, 1.82) is 0 Å². The second-order valence-corrected chi connectivity index (χ2v) is 12.9. The summed E-state index contributed by atoms with van der Waals surface area (Å²) >= 11 is 0. The van der Waals surface area contributed by atoms with Crippen molar-refractivity contribution in [2.75, 3.05) is 50.1 Å². The van der Waals surface area contributed by atoms with Gasteiger partial charge < -0.3 is 21.3 Å². The normalized spacial score (nSPS) is 11.2. The average molecular weight is 651 g/mol. The number of rotatable bonds is 26. The van der Waals surface area contributed by atoms with Crippen molar-refractivity contribution in [2.24, 2.45) is 0 Å². The fourth-order valence-corrected chi connectivity index (χ4v) is 5.55. The summed E-state index contributed by atoms with van der Waals surface area (Å²) in [7, 11) is 0. The molecule has 0 heterocycles. The van der Waals surface area contributed by atoms with Gasteiger partial charge in [-0.2, -0.15) is 0 Å². The van der Waals surface area contributed by atoms with Gasteiger partial charge in [-0.1, -0.05) is 116 Å². The number of carbonyl (C=O) groups excluding carboxylic acids is 2. The fraction of sp³-hybridized carbons (Fsp3) is 0.641. The highest BCUT2D eigenvalue weighted by molar-refractivity contribution is 5.89. The number of urea groups is 2. The molecule has 47 heavy (non-hydrogen) atoms. The first kappa shape index (κ1) is 40.1. The molecule has 0 saturated heterocycles. The van der Waals surface area contributed by atoms with Gasteiger partial charge in [0, 0.05) is 11.4 Å². The molecule has 0 saturated carbocycles. The Balaban J connectivity index is 1.75. The van der Waals surface area contributed by atoms with Crippen LogP contribution < -0.4 is 21.3 Å². The van der Waals surface area contributed by atoms with Gasteiger partial charge in [0.15, 0.2) is 0 Å². The minimum absolute atomic E-state index is 0.173. The molecule has 8 nitrogen and oxygen atoms in total. The highest BCUT2D eigenvalue weighted by Crippen LogP contribution is 2.16. The molecule has 0 fully saturated rings. The summed E-state index contributed by atoms with van der Waals surface area (Å²) in [4.78, 5) is 29.9. The van der Waals surface area contributed by atoms with Crippen LogP contribution in [0.4, 0.5) is 21.0 Å². The first-order valence-electron chi connectivity index (χ1n) is 18.7. The largest absolute Gasteiger partial charge is 0.325 e. The molecule has 0 aliphatic rings. The maximum Gasteiger partial charge on any atom is 0.320 e. The first-order chi connectivity index (χ1) is 23.0. The summed E-state index contributed by atoms with van der Waals surface area (Å²) in [5, 5.41) is 12.0. The van der Waals surface area contributed by atoms with Crippen LogP contribution in [0.25, 0.3) is 0 Å². The molecule has 0 aromatic heterocycles. The summed E-state index contributed by atoms with van der Waals surface area (Å²) in [6, 6.07) is 15.7. The number of hydrogen-bond donors (Lipinski definition) is 4. The van der Waals surface area contributed by atoms with E-state index in [0.717, 1.165) is 80.8 Å². The molecule has 8 heteroatoms. The third-order valence-corrected chi connectivity index (χ3v) is 8.57. The van der Waals surface area contributed by atoms with Crippen molar-refractivity contribution in [3.05, 3.63) is 59.7 Å². The molecule has 2 rings (SSSR count). The third-order valence-electron chi connectivity index (χ3n) is 8.57. The summed E-state index contributed by atoms with van der Waals surface area (Å²) in [6.45, 7) is 14.1. The van der Waals surface area contributed by atoms with E-state index in [1.165, 1.54) is 64.2 Å². The smallest absolute Gasteiger partial charge is 0.320 e. The molecular weight excluding hydrogens is 584 g/mol. The van der Waals surface area contributed by atoms with E-state index in [-0.39, 0.29) is 12.1 Å². The lowest BCUT2D eigenvalue weighted by atomic mass is 10.0. The molecule has 0 bridgehead atoms. The van der Waals surface area contributed by atoms with E-state index in [4.69, 9.17) is 0 Å². The Bertz CT molecular complexity index is 990. The second kappa shape index (κ2) is 25.9. The van der Waals surface area contributed by atoms with Gasteiger partial charge in [0.05, 0.1) is 13.3 Å². The van der Waals surface area contributed by atoms with Gasteiger partial charge in [-0.25, -0.2) is 9.59 Å². The third kappa shape index (κ3) is 19.3. The number of amides is 4. The molecule has 0 aliphatic carbocycles. The van der Waals surface area contributed by atoms with Gasteiger partial charge in [0.2, 0.25) is 0 Å². The Morgan fingerprint density at radius 2 is 0.809 bits per heavy atom. The van der Waals surface area contributed by atoms with Gasteiger partial charge in [-0.3, -0.25) is 9.80 Å². The summed E-state index contributed by atoms with van der Waals surface area (Å²) in [6.07, 6.45) is 17.9.